The standard InChI is InChI=1S/C13H13F3O/c1-10(17)5-2-3-6-11-7-4-8-12(9-11)13(14,15)16/h2,4-5,7-9H,3,6H2,1H3/b5-2+. The highest BCUT2D eigenvalue weighted by Gasteiger charge is 2.30. The van der Waals surface area contributed by atoms with Crippen molar-refractivity contribution in [2.75, 3.05) is 0 Å². The van der Waals surface area contributed by atoms with Crippen LogP contribution in [0.3, 0.4) is 0 Å². The fourth-order valence-corrected chi connectivity index (χ4v) is 1.40. The molecule has 1 nitrogen and oxygen atoms in total. The van der Waals surface area contributed by atoms with Gasteiger partial charge in [0.15, 0.2) is 5.78 Å². The van der Waals surface area contributed by atoms with E-state index < -0.39 is 11.7 Å². The Morgan fingerprint density at radius 2 is 2.06 bits per heavy atom. The summed E-state index contributed by atoms with van der Waals surface area (Å²) in [6.07, 6.45) is -0.157. The van der Waals surface area contributed by atoms with Crippen LogP contribution in [0.15, 0.2) is 36.4 Å². The van der Waals surface area contributed by atoms with Crippen molar-refractivity contribution >= 4 is 5.78 Å². The molecule has 0 radical (unpaired) electrons. The quantitative estimate of drug-likeness (QED) is 0.734. The Morgan fingerprint density at radius 1 is 1.35 bits per heavy atom. The van der Waals surface area contributed by atoms with E-state index in [4.69, 9.17) is 0 Å². The molecular weight excluding hydrogens is 229 g/mol. The van der Waals surface area contributed by atoms with E-state index in [0.29, 0.717) is 18.4 Å². The molecule has 0 heterocycles. The molecule has 0 aliphatic rings. The van der Waals surface area contributed by atoms with Gasteiger partial charge in [0.25, 0.3) is 0 Å². The maximum absolute atomic E-state index is 12.4. The number of hydrogen-bond acceptors (Lipinski definition) is 1. The molecule has 0 unspecified atom stereocenters. The number of carbonyl (C=O) groups excluding carboxylic acids is 1. The Kier molecular flexibility index (Phi) is 4.49. The second-order valence-electron chi connectivity index (χ2n) is 3.75. The summed E-state index contributed by atoms with van der Waals surface area (Å²) in [5.41, 5.74) is -0.0152. The van der Waals surface area contributed by atoms with Gasteiger partial charge in [-0.1, -0.05) is 24.3 Å². The zero-order valence-electron chi connectivity index (χ0n) is 9.42. The molecule has 0 amide bonds. The Hall–Kier alpha value is -1.58. The molecule has 0 bridgehead atoms. The van der Waals surface area contributed by atoms with Gasteiger partial charge in [-0.2, -0.15) is 13.2 Å². The third kappa shape index (κ3) is 4.85. The van der Waals surface area contributed by atoms with E-state index in [1.54, 1.807) is 12.1 Å². The minimum Gasteiger partial charge on any atom is -0.295 e. The van der Waals surface area contributed by atoms with E-state index in [9.17, 15) is 18.0 Å². The number of alkyl halides is 3. The topological polar surface area (TPSA) is 17.1 Å². The highest BCUT2D eigenvalue weighted by atomic mass is 19.4. The van der Waals surface area contributed by atoms with Crippen LogP contribution in [0.5, 0.6) is 0 Å². The molecule has 17 heavy (non-hydrogen) atoms. The zero-order chi connectivity index (χ0) is 12.9. The van der Waals surface area contributed by atoms with Crippen molar-refractivity contribution in [2.24, 2.45) is 0 Å². The average Bonchev–Trinajstić information content (AvgIpc) is 2.23. The van der Waals surface area contributed by atoms with E-state index in [1.807, 2.05) is 0 Å². The molecule has 0 atom stereocenters. The maximum atomic E-state index is 12.4. The molecule has 0 fully saturated rings. The molecule has 0 aliphatic carbocycles. The molecule has 0 saturated carbocycles. The number of hydrogen-bond donors (Lipinski definition) is 0. The fraction of sp³-hybridized carbons (Fsp3) is 0.308. The zero-order valence-corrected chi connectivity index (χ0v) is 9.42. The molecule has 1 aromatic carbocycles. The minimum atomic E-state index is -4.30. The molecule has 1 aromatic rings. The van der Waals surface area contributed by atoms with Gasteiger partial charge in [-0.3, -0.25) is 4.79 Å². The molecular formula is C13H13F3O. The summed E-state index contributed by atoms with van der Waals surface area (Å²) in [6, 6.07) is 5.24. The van der Waals surface area contributed by atoms with Crippen molar-refractivity contribution in [3.05, 3.63) is 47.5 Å². The first-order chi connectivity index (χ1) is 7.89. The summed E-state index contributed by atoms with van der Waals surface area (Å²) in [7, 11) is 0. The van der Waals surface area contributed by atoms with Gasteiger partial charge in [0.05, 0.1) is 5.56 Å². The van der Waals surface area contributed by atoms with Crippen LogP contribution in [-0.4, -0.2) is 5.78 Å². The van der Waals surface area contributed by atoms with Gasteiger partial charge in [-0.25, -0.2) is 0 Å². The third-order valence-corrected chi connectivity index (χ3v) is 2.21. The highest BCUT2D eigenvalue weighted by Crippen LogP contribution is 2.29. The number of allylic oxidation sites excluding steroid dienone is 2. The number of benzene rings is 1. The van der Waals surface area contributed by atoms with E-state index in [-0.39, 0.29) is 5.78 Å². The van der Waals surface area contributed by atoms with Gasteiger partial charge < -0.3 is 0 Å². The molecule has 0 saturated heterocycles. The normalized spacial score (nSPS) is 12.0. The Balaban J connectivity index is 2.64. The molecule has 4 heteroatoms. The number of aryl methyl sites for hydroxylation is 1. The van der Waals surface area contributed by atoms with Gasteiger partial charge in [0, 0.05) is 0 Å². The first-order valence-electron chi connectivity index (χ1n) is 5.23. The minimum absolute atomic E-state index is 0.0611. The summed E-state index contributed by atoms with van der Waals surface area (Å²) < 4.78 is 37.2. The lowest BCUT2D eigenvalue weighted by molar-refractivity contribution is -0.137. The second kappa shape index (κ2) is 5.66. The Labute approximate surface area is 98.0 Å². The monoisotopic (exact) mass is 242 g/mol. The van der Waals surface area contributed by atoms with Gasteiger partial charge in [-0.05, 0) is 37.5 Å². The summed E-state index contributed by atoms with van der Waals surface area (Å²) in [5.74, 6) is -0.0611. The lowest BCUT2D eigenvalue weighted by Gasteiger charge is -2.07. The van der Waals surface area contributed by atoms with Crippen molar-refractivity contribution in [1.82, 2.24) is 0 Å². The van der Waals surface area contributed by atoms with Crippen LogP contribution in [0.4, 0.5) is 13.2 Å². The largest absolute Gasteiger partial charge is 0.416 e. The van der Waals surface area contributed by atoms with Crippen LogP contribution in [0.25, 0.3) is 0 Å². The average molecular weight is 242 g/mol. The first kappa shape index (κ1) is 13.5. The van der Waals surface area contributed by atoms with Gasteiger partial charge in [0.1, 0.15) is 0 Å². The molecule has 0 N–H and O–H groups in total. The lowest BCUT2D eigenvalue weighted by Crippen LogP contribution is -2.05. The molecule has 0 spiro atoms. The predicted molar refractivity (Wildman–Crippen MR) is 59.6 cm³/mol. The van der Waals surface area contributed by atoms with Crippen LogP contribution in [0.1, 0.15) is 24.5 Å². The van der Waals surface area contributed by atoms with Crippen molar-refractivity contribution in [3.63, 3.8) is 0 Å². The van der Waals surface area contributed by atoms with Crippen LogP contribution in [-0.2, 0) is 17.4 Å². The van der Waals surface area contributed by atoms with E-state index >= 15 is 0 Å². The van der Waals surface area contributed by atoms with E-state index in [0.717, 1.165) is 12.1 Å². The van der Waals surface area contributed by atoms with Crippen molar-refractivity contribution in [3.8, 4) is 0 Å². The molecule has 0 aromatic heterocycles. The smallest absolute Gasteiger partial charge is 0.295 e. The number of carbonyl (C=O) groups is 1. The van der Waals surface area contributed by atoms with E-state index in [2.05, 4.69) is 0 Å². The van der Waals surface area contributed by atoms with Crippen LogP contribution >= 0.6 is 0 Å². The second-order valence-corrected chi connectivity index (χ2v) is 3.75. The van der Waals surface area contributed by atoms with Crippen molar-refractivity contribution in [2.45, 2.75) is 25.9 Å². The lowest BCUT2D eigenvalue weighted by atomic mass is 10.1. The predicted octanol–water partition coefficient (Wildman–Crippen LogP) is 3.78. The summed E-state index contributed by atoms with van der Waals surface area (Å²) in [5, 5.41) is 0. The van der Waals surface area contributed by atoms with Crippen LogP contribution in [0, 0.1) is 0 Å². The fourth-order valence-electron chi connectivity index (χ4n) is 1.40. The molecule has 92 valence electrons. The van der Waals surface area contributed by atoms with Crippen molar-refractivity contribution < 1.29 is 18.0 Å². The maximum Gasteiger partial charge on any atom is 0.416 e. The van der Waals surface area contributed by atoms with Crippen LogP contribution in [0.2, 0.25) is 0 Å². The highest BCUT2D eigenvalue weighted by molar-refractivity contribution is 5.87. The number of ketones is 1. The third-order valence-electron chi connectivity index (χ3n) is 2.21. The molecule has 1 rings (SSSR count). The SMILES string of the molecule is CC(=O)/C=C/CCc1cccc(C(F)(F)F)c1. The molecule has 0 aliphatic heterocycles. The number of rotatable bonds is 4. The Morgan fingerprint density at radius 3 is 2.65 bits per heavy atom. The summed E-state index contributed by atoms with van der Waals surface area (Å²) in [6.45, 7) is 1.43. The van der Waals surface area contributed by atoms with Gasteiger partial charge >= 0.3 is 6.18 Å². The number of halogens is 3. The van der Waals surface area contributed by atoms with Crippen LogP contribution < -0.4 is 0 Å². The summed E-state index contributed by atoms with van der Waals surface area (Å²) >= 11 is 0. The van der Waals surface area contributed by atoms with E-state index in [1.165, 1.54) is 19.1 Å². The van der Waals surface area contributed by atoms with Gasteiger partial charge in [0.2, 0.25) is 0 Å². The first-order valence-corrected chi connectivity index (χ1v) is 5.23. The Bertz CT molecular complexity index is 419. The summed E-state index contributed by atoms with van der Waals surface area (Å²) in [4.78, 5) is 10.6. The van der Waals surface area contributed by atoms with Crippen molar-refractivity contribution in [1.29, 1.82) is 0 Å². The van der Waals surface area contributed by atoms with Gasteiger partial charge in [-0.15, -0.1) is 0 Å².